The minimum absolute atomic E-state index is 0.0530. The number of urea groups is 1. The lowest BCUT2D eigenvalue weighted by atomic mass is 10.3. The second kappa shape index (κ2) is 9.27. The molecule has 1 aromatic rings. The van der Waals surface area contributed by atoms with Crippen LogP contribution in [0.3, 0.4) is 0 Å². The van der Waals surface area contributed by atoms with Crippen LogP contribution in [0.4, 0.5) is 14.9 Å². The first kappa shape index (κ1) is 20.8. The second-order valence-electron chi connectivity index (χ2n) is 4.53. The van der Waals surface area contributed by atoms with E-state index in [2.05, 4.69) is 5.32 Å². The van der Waals surface area contributed by atoms with Gasteiger partial charge in [0.25, 0.3) is 0 Å². The van der Waals surface area contributed by atoms with Gasteiger partial charge >= 0.3 is 12.0 Å². The van der Waals surface area contributed by atoms with Crippen molar-refractivity contribution in [1.82, 2.24) is 4.90 Å². The zero-order valence-corrected chi connectivity index (χ0v) is 15.2. The number of amides is 2. The molecule has 1 N–H and O–H groups in total. The van der Waals surface area contributed by atoms with Crippen LogP contribution in [-0.4, -0.2) is 47.2 Å². The number of carbonyl (C=O) groups excluding carboxylic acids is 2. The minimum Gasteiger partial charge on any atom is -0.464 e. The van der Waals surface area contributed by atoms with Gasteiger partial charge < -0.3 is 14.8 Å². The van der Waals surface area contributed by atoms with Gasteiger partial charge in [0.15, 0.2) is 6.23 Å². The summed E-state index contributed by atoms with van der Waals surface area (Å²) in [6, 6.07) is 4.77. The summed E-state index contributed by atoms with van der Waals surface area (Å²) >= 11 is 17.4. The molecule has 0 saturated carbocycles. The molecular weight excluding hydrogens is 386 g/mol. The Morgan fingerprint density at radius 1 is 1.33 bits per heavy atom. The lowest BCUT2D eigenvalue weighted by Crippen LogP contribution is -2.49. The molecule has 24 heavy (non-hydrogen) atoms. The molecule has 0 aliphatic heterocycles. The number of ether oxygens (including phenoxy) is 2. The van der Waals surface area contributed by atoms with Crippen molar-refractivity contribution >= 4 is 52.5 Å². The zero-order valence-electron chi connectivity index (χ0n) is 12.9. The fourth-order valence-electron chi connectivity index (χ4n) is 1.65. The third-order valence-corrected chi connectivity index (χ3v) is 3.29. The van der Waals surface area contributed by atoms with Crippen LogP contribution < -0.4 is 5.32 Å². The molecule has 134 valence electrons. The van der Waals surface area contributed by atoms with Gasteiger partial charge in [0.1, 0.15) is 12.4 Å². The Labute approximate surface area is 153 Å². The van der Waals surface area contributed by atoms with Gasteiger partial charge in [-0.05, 0) is 19.1 Å². The molecule has 1 aromatic carbocycles. The molecule has 6 nitrogen and oxygen atoms in total. The maximum absolute atomic E-state index is 13.6. The van der Waals surface area contributed by atoms with Crippen LogP contribution in [0.15, 0.2) is 24.3 Å². The largest absolute Gasteiger partial charge is 0.464 e. The third-order valence-electron chi connectivity index (χ3n) is 2.73. The SMILES string of the molecule is CCOC(=O)COC(N(C)C(=O)Nc1ccccc1F)C(Cl)(Cl)Cl. The number of carbonyl (C=O) groups is 2. The van der Waals surface area contributed by atoms with Gasteiger partial charge in [0.05, 0.1) is 12.3 Å². The van der Waals surface area contributed by atoms with E-state index in [-0.39, 0.29) is 12.3 Å². The van der Waals surface area contributed by atoms with E-state index in [1.807, 2.05) is 0 Å². The Hall–Kier alpha value is -1.28. The van der Waals surface area contributed by atoms with Crippen LogP contribution in [0, 0.1) is 5.82 Å². The standard InChI is InChI=1S/C14H16Cl3FN2O4/c1-3-23-11(21)8-24-12(14(15,16)17)20(2)13(22)19-10-7-5-4-6-9(10)18/h4-7,12H,3,8H2,1-2H3,(H,19,22). The summed E-state index contributed by atoms with van der Waals surface area (Å²) in [5.74, 6) is -1.31. The summed E-state index contributed by atoms with van der Waals surface area (Å²) in [5, 5.41) is 2.32. The van der Waals surface area contributed by atoms with Gasteiger partial charge in [-0.1, -0.05) is 46.9 Å². The summed E-state index contributed by atoms with van der Waals surface area (Å²) in [6.07, 6.45) is -1.40. The van der Waals surface area contributed by atoms with E-state index < -0.39 is 34.4 Å². The quantitative estimate of drug-likeness (QED) is 0.449. The van der Waals surface area contributed by atoms with Crippen LogP contribution in [0.5, 0.6) is 0 Å². The smallest absolute Gasteiger partial charge is 0.332 e. The number of hydrogen-bond donors (Lipinski definition) is 1. The monoisotopic (exact) mass is 400 g/mol. The second-order valence-corrected chi connectivity index (χ2v) is 6.90. The lowest BCUT2D eigenvalue weighted by molar-refractivity contribution is -0.153. The maximum Gasteiger partial charge on any atom is 0.332 e. The number of halogens is 4. The van der Waals surface area contributed by atoms with Crippen LogP contribution in [-0.2, 0) is 14.3 Å². The number of esters is 1. The van der Waals surface area contributed by atoms with Gasteiger partial charge in [0, 0.05) is 7.05 Å². The number of para-hydroxylation sites is 1. The van der Waals surface area contributed by atoms with Crippen molar-refractivity contribution < 1.29 is 23.5 Å². The molecule has 1 unspecified atom stereocenters. The molecule has 10 heteroatoms. The van der Waals surface area contributed by atoms with Gasteiger partial charge in [0.2, 0.25) is 3.79 Å². The molecule has 2 amide bonds. The Bertz CT molecular complexity index is 583. The molecule has 0 aromatic heterocycles. The fraction of sp³-hybridized carbons (Fsp3) is 0.429. The molecular formula is C14H16Cl3FN2O4. The first-order chi connectivity index (χ1) is 11.2. The van der Waals surface area contributed by atoms with E-state index in [0.29, 0.717) is 0 Å². The third kappa shape index (κ3) is 6.32. The van der Waals surface area contributed by atoms with Crippen molar-refractivity contribution in [2.75, 3.05) is 25.6 Å². The Balaban J connectivity index is 2.80. The average molecular weight is 402 g/mol. The van der Waals surface area contributed by atoms with Crippen molar-refractivity contribution in [3.63, 3.8) is 0 Å². The Morgan fingerprint density at radius 3 is 2.50 bits per heavy atom. The number of anilines is 1. The predicted molar refractivity (Wildman–Crippen MR) is 89.8 cm³/mol. The van der Waals surface area contributed by atoms with Crippen molar-refractivity contribution in [1.29, 1.82) is 0 Å². The first-order valence-corrected chi connectivity index (χ1v) is 7.92. The number of benzene rings is 1. The van der Waals surface area contributed by atoms with Crippen LogP contribution in [0.2, 0.25) is 0 Å². The van der Waals surface area contributed by atoms with Crippen molar-refractivity contribution in [3.05, 3.63) is 30.1 Å². The van der Waals surface area contributed by atoms with Crippen molar-refractivity contribution in [2.45, 2.75) is 16.9 Å². The van der Waals surface area contributed by atoms with Gasteiger partial charge in [-0.2, -0.15) is 0 Å². The van der Waals surface area contributed by atoms with Crippen LogP contribution in [0.1, 0.15) is 6.92 Å². The highest BCUT2D eigenvalue weighted by Crippen LogP contribution is 2.34. The molecule has 0 spiro atoms. The highest BCUT2D eigenvalue weighted by Gasteiger charge is 2.39. The van der Waals surface area contributed by atoms with Gasteiger partial charge in [-0.25, -0.2) is 14.0 Å². The summed E-state index contributed by atoms with van der Waals surface area (Å²) < 4.78 is 21.4. The summed E-state index contributed by atoms with van der Waals surface area (Å²) in [6.45, 7) is 1.26. The summed E-state index contributed by atoms with van der Waals surface area (Å²) in [5.41, 5.74) is -0.0530. The molecule has 0 bridgehead atoms. The molecule has 0 fully saturated rings. The van der Waals surface area contributed by atoms with E-state index in [1.165, 1.54) is 25.2 Å². The van der Waals surface area contributed by atoms with Gasteiger partial charge in [-0.15, -0.1) is 0 Å². The molecule has 1 atom stereocenters. The van der Waals surface area contributed by atoms with E-state index >= 15 is 0 Å². The lowest BCUT2D eigenvalue weighted by Gasteiger charge is -2.32. The topological polar surface area (TPSA) is 67.9 Å². The average Bonchev–Trinajstić information content (AvgIpc) is 2.48. The molecule has 0 heterocycles. The highest BCUT2D eigenvalue weighted by atomic mass is 35.6. The number of rotatable bonds is 6. The predicted octanol–water partition coefficient (Wildman–Crippen LogP) is 3.57. The Kier molecular flexibility index (Phi) is 8.02. The molecule has 0 saturated heterocycles. The van der Waals surface area contributed by atoms with Crippen molar-refractivity contribution in [2.24, 2.45) is 0 Å². The molecule has 0 aliphatic carbocycles. The number of nitrogens with zero attached hydrogens (tertiary/aromatic N) is 1. The molecule has 0 aliphatic rings. The van der Waals surface area contributed by atoms with E-state index in [0.717, 1.165) is 4.90 Å². The highest BCUT2D eigenvalue weighted by molar-refractivity contribution is 6.68. The summed E-state index contributed by atoms with van der Waals surface area (Å²) in [7, 11) is 1.27. The molecule has 0 radical (unpaired) electrons. The minimum atomic E-state index is -2.05. The first-order valence-electron chi connectivity index (χ1n) is 6.79. The fourth-order valence-corrected chi connectivity index (χ4v) is 2.28. The van der Waals surface area contributed by atoms with Crippen molar-refractivity contribution in [3.8, 4) is 0 Å². The Morgan fingerprint density at radius 2 is 1.96 bits per heavy atom. The number of alkyl halides is 3. The van der Waals surface area contributed by atoms with E-state index in [1.54, 1.807) is 13.0 Å². The van der Waals surface area contributed by atoms with Gasteiger partial charge in [-0.3, -0.25) is 4.90 Å². The zero-order chi connectivity index (χ0) is 18.3. The van der Waals surface area contributed by atoms with Crippen LogP contribution in [0.25, 0.3) is 0 Å². The maximum atomic E-state index is 13.6. The normalized spacial score (nSPS) is 12.4. The van der Waals surface area contributed by atoms with Crippen LogP contribution >= 0.6 is 34.8 Å². The molecule has 1 rings (SSSR count). The summed E-state index contributed by atoms with van der Waals surface area (Å²) in [4.78, 5) is 24.5. The number of nitrogens with one attached hydrogen (secondary N) is 1. The number of hydrogen-bond acceptors (Lipinski definition) is 4. The van der Waals surface area contributed by atoms with E-state index in [4.69, 9.17) is 44.3 Å². The van der Waals surface area contributed by atoms with E-state index in [9.17, 15) is 14.0 Å².